The third-order valence-corrected chi connectivity index (χ3v) is 2.41. The summed E-state index contributed by atoms with van der Waals surface area (Å²) in [5, 5.41) is 45.3. The van der Waals surface area contributed by atoms with E-state index in [-0.39, 0.29) is 0 Å². The van der Waals surface area contributed by atoms with Crippen molar-refractivity contribution in [3.63, 3.8) is 0 Å². The zero-order valence-electron chi connectivity index (χ0n) is 7.49. The molecule has 5 unspecified atom stereocenters. The average molecular weight is 230 g/mol. The van der Waals surface area contributed by atoms with Crippen LogP contribution >= 0.6 is 0 Å². The maximum Gasteiger partial charge on any atom is 0.274 e. The summed E-state index contributed by atoms with van der Waals surface area (Å²) in [6, 6.07) is 0. The largest absolute Gasteiger partial charge is 0.394 e. The Hall–Kier alpha value is -0.380. The molecule has 1 rings (SSSR count). The van der Waals surface area contributed by atoms with Gasteiger partial charge >= 0.3 is 0 Å². The molecule has 1 aliphatic rings. The van der Waals surface area contributed by atoms with Gasteiger partial charge in [0.1, 0.15) is 18.3 Å². The number of alkyl halides is 2. The highest BCUT2D eigenvalue weighted by molar-refractivity contribution is 5.01. The molecule has 0 bridgehead atoms. The molecule has 0 aromatic heterocycles. The van der Waals surface area contributed by atoms with Gasteiger partial charge in [0.15, 0.2) is 6.29 Å². The van der Waals surface area contributed by atoms with Crippen LogP contribution in [0.4, 0.5) is 8.78 Å². The lowest BCUT2D eigenvalue weighted by Crippen LogP contribution is -2.69. The normalized spacial score (nSPS) is 47.2. The van der Waals surface area contributed by atoms with Crippen LogP contribution in [0.2, 0.25) is 0 Å². The lowest BCUT2D eigenvalue weighted by Gasteiger charge is -2.45. The summed E-state index contributed by atoms with van der Waals surface area (Å²) in [6.07, 6.45) is -11.5. The van der Waals surface area contributed by atoms with Crippen molar-refractivity contribution in [1.82, 2.24) is 0 Å². The van der Waals surface area contributed by atoms with Gasteiger partial charge < -0.3 is 30.3 Å². The summed E-state index contributed by atoms with van der Waals surface area (Å²) < 4.78 is 29.1. The van der Waals surface area contributed by atoms with Gasteiger partial charge in [-0.15, -0.1) is 0 Å². The highest BCUT2D eigenvalue weighted by Gasteiger charge is 2.59. The van der Waals surface area contributed by atoms with Crippen LogP contribution in [0.3, 0.4) is 0 Å². The molecule has 5 atom stereocenters. The molecule has 0 saturated carbocycles. The SMILES string of the molecule is OCC1OC(O)C(O)(C(F)F)C(O)C1O. The third kappa shape index (κ3) is 1.84. The molecule has 1 fully saturated rings. The van der Waals surface area contributed by atoms with Crippen LogP contribution in [0.5, 0.6) is 0 Å². The number of hydrogen-bond acceptors (Lipinski definition) is 6. The molecular weight excluding hydrogens is 218 g/mol. The molecule has 0 radical (unpaired) electrons. The fourth-order valence-corrected chi connectivity index (χ4v) is 1.37. The van der Waals surface area contributed by atoms with E-state index in [4.69, 9.17) is 10.2 Å². The van der Waals surface area contributed by atoms with Gasteiger partial charge in [-0.2, -0.15) is 0 Å². The Bertz CT molecular complexity index is 228. The van der Waals surface area contributed by atoms with Gasteiger partial charge in [0.2, 0.25) is 5.60 Å². The zero-order chi connectivity index (χ0) is 11.8. The molecular formula is C7H12F2O6. The van der Waals surface area contributed by atoms with E-state index in [0.29, 0.717) is 0 Å². The van der Waals surface area contributed by atoms with Gasteiger partial charge in [-0.25, -0.2) is 8.78 Å². The van der Waals surface area contributed by atoms with Crippen LogP contribution in [0.1, 0.15) is 0 Å². The van der Waals surface area contributed by atoms with Crippen LogP contribution in [-0.4, -0.2) is 68.8 Å². The lowest BCUT2D eigenvalue weighted by molar-refractivity contribution is -0.354. The Morgan fingerprint density at radius 1 is 1.27 bits per heavy atom. The fraction of sp³-hybridized carbons (Fsp3) is 1.00. The Kier molecular flexibility index (Phi) is 3.59. The van der Waals surface area contributed by atoms with Crippen molar-refractivity contribution in [3.05, 3.63) is 0 Å². The predicted molar refractivity (Wildman–Crippen MR) is 40.9 cm³/mol. The van der Waals surface area contributed by atoms with Crippen LogP contribution in [0.25, 0.3) is 0 Å². The molecule has 0 aromatic carbocycles. The van der Waals surface area contributed by atoms with E-state index in [9.17, 15) is 24.1 Å². The minimum atomic E-state index is -3.50. The summed E-state index contributed by atoms with van der Waals surface area (Å²) in [5.41, 5.74) is -3.26. The van der Waals surface area contributed by atoms with E-state index in [0.717, 1.165) is 0 Å². The van der Waals surface area contributed by atoms with Crippen molar-refractivity contribution in [2.75, 3.05) is 6.61 Å². The summed E-state index contributed by atoms with van der Waals surface area (Å²) in [6.45, 7) is -0.783. The van der Waals surface area contributed by atoms with E-state index in [2.05, 4.69) is 4.74 Å². The first-order chi connectivity index (χ1) is 6.85. The number of rotatable bonds is 2. The van der Waals surface area contributed by atoms with Crippen LogP contribution in [-0.2, 0) is 4.74 Å². The Balaban J connectivity index is 2.93. The van der Waals surface area contributed by atoms with Crippen molar-refractivity contribution in [2.45, 2.75) is 36.6 Å². The third-order valence-electron chi connectivity index (χ3n) is 2.41. The van der Waals surface area contributed by atoms with Gasteiger partial charge in [-0.3, -0.25) is 0 Å². The minimum absolute atomic E-state index is 0.783. The summed E-state index contributed by atoms with van der Waals surface area (Å²) in [7, 11) is 0. The smallest absolute Gasteiger partial charge is 0.274 e. The first kappa shape index (κ1) is 12.7. The van der Waals surface area contributed by atoms with Gasteiger partial charge in [0.25, 0.3) is 6.43 Å². The Morgan fingerprint density at radius 2 is 1.80 bits per heavy atom. The van der Waals surface area contributed by atoms with E-state index >= 15 is 0 Å². The first-order valence-electron chi connectivity index (χ1n) is 4.16. The maximum absolute atomic E-state index is 12.4. The van der Waals surface area contributed by atoms with E-state index in [1.54, 1.807) is 0 Å². The van der Waals surface area contributed by atoms with Gasteiger partial charge in [-0.05, 0) is 0 Å². The summed E-state index contributed by atoms with van der Waals surface area (Å²) in [5.74, 6) is 0. The molecule has 15 heavy (non-hydrogen) atoms. The minimum Gasteiger partial charge on any atom is -0.394 e. The average Bonchev–Trinajstić information content (AvgIpc) is 2.20. The van der Waals surface area contributed by atoms with Gasteiger partial charge in [-0.1, -0.05) is 0 Å². The predicted octanol–water partition coefficient (Wildman–Crippen LogP) is -2.59. The van der Waals surface area contributed by atoms with Crippen molar-refractivity contribution in [1.29, 1.82) is 0 Å². The van der Waals surface area contributed by atoms with Crippen LogP contribution in [0.15, 0.2) is 0 Å². The van der Waals surface area contributed by atoms with E-state index < -0.39 is 43.2 Å². The standard InChI is InChI=1S/C7H12F2O6/c8-5(9)7(14)4(12)3(11)2(1-10)15-6(7)13/h2-6,10-14H,1H2. The van der Waals surface area contributed by atoms with Crippen molar-refractivity contribution >= 4 is 0 Å². The molecule has 0 amide bonds. The van der Waals surface area contributed by atoms with Crippen molar-refractivity contribution < 1.29 is 39.1 Å². The molecule has 1 aliphatic heterocycles. The molecule has 0 aromatic rings. The van der Waals surface area contributed by atoms with Gasteiger partial charge in [0.05, 0.1) is 6.61 Å². The summed E-state index contributed by atoms with van der Waals surface area (Å²) in [4.78, 5) is 0. The number of halogens is 2. The second-order valence-corrected chi connectivity index (χ2v) is 3.33. The Labute approximate surface area is 83.3 Å². The molecule has 6 nitrogen and oxygen atoms in total. The molecule has 0 aliphatic carbocycles. The number of ether oxygens (including phenoxy) is 1. The second-order valence-electron chi connectivity index (χ2n) is 3.33. The first-order valence-corrected chi connectivity index (χ1v) is 4.16. The van der Waals surface area contributed by atoms with Crippen molar-refractivity contribution in [2.24, 2.45) is 0 Å². The summed E-state index contributed by atoms with van der Waals surface area (Å²) >= 11 is 0. The van der Waals surface area contributed by atoms with Crippen LogP contribution in [0, 0.1) is 0 Å². The number of hydrogen-bond donors (Lipinski definition) is 5. The highest BCUT2D eigenvalue weighted by Crippen LogP contribution is 2.33. The molecule has 8 heteroatoms. The molecule has 0 spiro atoms. The quantitative estimate of drug-likeness (QED) is 0.356. The molecule has 1 saturated heterocycles. The molecule has 1 heterocycles. The van der Waals surface area contributed by atoms with E-state index in [1.807, 2.05) is 0 Å². The van der Waals surface area contributed by atoms with Gasteiger partial charge in [0, 0.05) is 0 Å². The topological polar surface area (TPSA) is 110 Å². The molecule has 5 N–H and O–H groups in total. The number of aliphatic hydroxyl groups is 5. The lowest BCUT2D eigenvalue weighted by atomic mass is 9.87. The van der Waals surface area contributed by atoms with Crippen molar-refractivity contribution in [3.8, 4) is 0 Å². The highest BCUT2D eigenvalue weighted by atomic mass is 19.3. The Morgan fingerprint density at radius 3 is 2.20 bits per heavy atom. The second kappa shape index (κ2) is 4.24. The molecule has 90 valence electrons. The fourth-order valence-electron chi connectivity index (χ4n) is 1.37. The number of aliphatic hydroxyl groups excluding tert-OH is 4. The maximum atomic E-state index is 12.4. The zero-order valence-corrected chi connectivity index (χ0v) is 7.49. The van der Waals surface area contributed by atoms with E-state index in [1.165, 1.54) is 0 Å². The van der Waals surface area contributed by atoms with Crippen LogP contribution < -0.4 is 0 Å². The monoisotopic (exact) mass is 230 g/mol.